The van der Waals surface area contributed by atoms with E-state index in [2.05, 4.69) is 15.3 Å². The van der Waals surface area contributed by atoms with E-state index in [1.54, 1.807) is 12.1 Å². The number of carbonyl (C=O) groups is 1. The van der Waals surface area contributed by atoms with Crippen molar-refractivity contribution in [3.05, 3.63) is 95.3 Å². The normalized spacial score (nSPS) is 12.1. The van der Waals surface area contributed by atoms with Crippen LogP contribution in [-0.4, -0.2) is 15.9 Å². The summed E-state index contributed by atoms with van der Waals surface area (Å²) < 4.78 is 13.1. The van der Waals surface area contributed by atoms with E-state index in [4.69, 9.17) is 0 Å². The molecule has 0 fully saturated rings. The number of H-pyrrole nitrogens is 1. The Morgan fingerprint density at radius 2 is 1.86 bits per heavy atom. The van der Waals surface area contributed by atoms with Crippen LogP contribution >= 0.6 is 11.8 Å². The standard InChI is InChI=1S/C23H20FN3OS/c1-15-7-12-19-20(13-15)27-23(26-19)29-21(17-5-3-2-4-6-17)22(28)25-14-16-8-10-18(24)11-9-16/h2-13,21H,14H2,1H3,(H,25,28)(H,26,27)/t21-/m1/s1. The van der Waals surface area contributed by atoms with Gasteiger partial charge < -0.3 is 10.3 Å². The van der Waals surface area contributed by atoms with E-state index in [0.29, 0.717) is 11.7 Å². The van der Waals surface area contributed by atoms with Crippen molar-refractivity contribution in [3.8, 4) is 0 Å². The number of thioether (sulfide) groups is 1. The number of imidazole rings is 1. The Bertz CT molecular complexity index is 1130. The molecule has 4 aromatic rings. The molecular formula is C23H20FN3OS. The molecule has 29 heavy (non-hydrogen) atoms. The molecule has 6 heteroatoms. The summed E-state index contributed by atoms with van der Waals surface area (Å²) in [5.74, 6) is -0.417. The summed E-state index contributed by atoms with van der Waals surface area (Å²) in [7, 11) is 0. The predicted octanol–water partition coefficient (Wildman–Crippen LogP) is 5.16. The van der Waals surface area contributed by atoms with Crippen molar-refractivity contribution in [1.29, 1.82) is 0 Å². The Morgan fingerprint density at radius 3 is 2.62 bits per heavy atom. The number of aryl methyl sites for hydroxylation is 1. The summed E-state index contributed by atoms with van der Waals surface area (Å²) in [5, 5.41) is 3.19. The van der Waals surface area contributed by atoms with Gasteiger partial charge >= 0.3 is 0 Å². The summed E-state index contributed by atoms with van der Waals surface area (Å²) in [6.45, 7) is 2.37. The number of hydrogen-bond donors (Lipinski definition) is 2. The molecule has 2 N–H and O–H groups in total. The Kier molecular flexibility index (Phi) is 5.62. The lowest BCUT2D eigenvalue weighted by molar-refractivity contribution is -0.120. The van der Waals surface area contributed by atoms with Crippen molar-refractivity contribution in [2.75, 3.05) is 0 Å². The first kappa shape index (κ1) is 19.2. The van der Waals surface area contributed by atoms with Crippen molar-refractivity contribution >= 4 is 28.7 Å². The minimum Gasteiger partial charge on any atom is -0.351 e. The summed E-state index contributed by atoms with van der Waals surface area (Å²) in [4.78, 5) is 20.9. The zero-order valence-corrected chi connectivity index (χ0v) is 16.7. The number of aromatic amines is 1. The van der Waals surface area contributed by atoms with Crippen molar-refractivity contribution < 1.29 is 9.18 Å². The fourth-order valence-corrected chi connectivity index (χ4v) is 4.08. The van der Waals surface area contributed by atoms with Crippen molar-refractivity contribution in [2.24, 2.45) is 0 Å². The van der Waals surface area contributed by atoms with Gasteiger partial charge in [0.2, 0.25) is 5.91 Å². The van der Waals surface area contributed by atoms with Crippen LogP contribution in [0, 0.1) is 12.7 Å². The van der Waals surface area contributed by atoms with Gasteiger partial charge in [-0.25, -0.2) is 9.37 Å². The van der Waals surface area contributed by atoms with E-state index >= 15 is 0 Å². The van der Waals surface area contributed by atoms with Gasteiger partial charge in [0.05, 0.1) is 11.0 Å². The average molecular weight is 405 g/mol. The highest BCUT2D eigenvalue weighted by atomic mass is 32.2. The maximum Gasteiger partial charge on any atom is 0.238 e. The molecule has 0 aliphatic rings. The highest BCUT2D eigenvalue weighted by Gasteiger charge is 2.23. The van der Waals surface area contributed by atoms with Crippen LogP contribution in [0.3, 0.4) is 0 Å². The third-order valence-electron chi connectivity index (χ3n) is 4.57. The Hall–Kier alpha value is -3.12. The van der Waals surface area contributed by atoms with Gasteiger partial charge in [-0.1, -0.05) is 60.3 Å². The molecule has 0 bridgehead atoms. The summed E-state index contributed by atoms with van der Waals surface area (Å²) in [5.41, 5.74) is 4.71. The number of benzene rings is 3. The second-order valence-corrected chi connectivity index (χ2v) is 7.91. The van der Waals surface area contributed by atoms with Crippen molar-refractivity contribution in [2.45, 2.75) is 23.9 Å². The van der Waals surface area contributed by atoms with Crippen molar-refractivity contribution in [1.82, 2.24) is 15.3 Å². The number of carbonyl (C=O) groups excluding carboxylic acids is 1. The fraction of sp³-hybridized carbons (Fsp3) is 0.130. The van der Waals surface area contributed by atoms with Crippen LogP contribution in [0.4, 0.5) is 4.39 Å². The van der Waals surface area contributed by atoms with E-state index in [1.807, 2.05) is 55.5 Å². The van der Waals surface area contributed by atoms with E-state index in [1.165, 1.54) is 23.9 Å². The molecule has 1 heterocycles. The Labute approximate surface area is 172 Å². The van der Waals surface area contributed by atoms with Gasteiger partial charge in [-0.3, -0.25) is 4.79 Å². The van der Waals surface area contributed by atoms with Gasteiger partial charge in [-0.05, 0) is 47.9 Å². The number of nitrogens with one attached hydrogen (secondary N) is 2. The monoisotopic (exact) mass is 405 g/mol. The molecule has 0 aliphatic carbocycles. The highest BCUT2D eigenvalue weighted by Crippen LogP contribution is 2.35. The maximum atomic E-state index is 13.1. The number of fused-ring (bicyclic) bond motifs is 1. The molecule has 1 aromatic heterocycles. The lowest BCUT2D eigenvalue weighted by atomic mass is 10.1. The van der Waals surface area contributed by atoms with Gasteiger partial charge in [0.15, 0.2) is 5.16 Å². The smallest absolute Gasteiger partial charge is 0.238 e. The van der Waals surface area contributed by atoms with Crippen LogP contribution in [0.5, 0.6) is 0 Å². The van der Waals surface area contributed by atoms with Gasteiger partial charge in [0, 0.05) is 6.54 Å². The van der Waals surface area contributed by atoms with Crippen molar-refractivity contribution in [3.63, 3.8) is 0 Å². The van der Waals surface area contributed by atoms with E-state index in [9.17, 15) is 9.18 Å². The minimum atomic E-state index is -0.460. The van der Waals surface area contributed by atoms with Crippen LogP contribution < -0.4 is 5.32 Å². The molecule has 146 valence electrons. The highest BCUT2D eigenvalue weighted by molar-refractivity contribution is 8.00. The molecule has 0 radical (unpaired) electrons. The number of halogens is 1. The zero-order valence-electron chi connectivity index (χ0n) is 15.9. The fourth-order valence-electron chi connectivity index (χ4n) is 3.05. The van der Waals surface area contributed by atoms with Crippen LogP contribution in [0.15, 0.2) is 78.0 Å². The molecule has 4 nitrogen and oxygen atoms in total. The molecule has 0 unspecified atom stereocenters. The predicted molar refractivity (Wildman–Crippen MR) is 114 cm³/mol. The largest absolute Gasteiger partial charge is 0.351 e. The maximum absolute atomic E-state index is 13.1. The molecule has 0 saturated carbocycles. The molecule has 0 saturated heterocycles. The van der Waals surface area contributed by atoms with E-state index in [0.717, 1.165) is 27.7 Å². The first-order valence-corrected chi connectivity index (χ1v) is 10.2. The molecular weight excluding hydrogens is 385 g/mol. The van der Waals surface area contributed by atoms with Crippen LogP contribution in [0.2, 0.25) is 0 Å². The first-order valence-electron chi connectivity index (χ1n) is 9.28. The Balaban J connectivity index is 1.55. The molecule has 1 amide bonds. The second kappa shape index (κ2) is 8.49. The number of rotatable bonds is 6. The summed E-state index contributed by atoms with van der Waals surface area (Å²) in [6.07, 6.45) is 0. The van der Waals surface area contributed by atoms with Crippen LogP contribution in [0.1, 0.15) is 21.9 Å². The van der Waals surface area contributed by atoms with Crippen LogP contribution in [0.25, 0.3) is 11.0 Å². The molecule has 4 rings (SSSR count). The second-order valence-electron chi connectivity index (χ2n) is 6.82. The lowest BCUT2D eigenvalue weighted by Crippen LogP contribution is -2.27. The number of aromatic nitrogens is 2. The van der Waals surface area contributed by atoms with Crippen LogP contribution in [-0.2, 0) is 11.3 Å². The third kappa shape index (κ3) is 4.66. The average Bonchev–Trinajstić information content (AvgIpc) is 3.13. The van der Waals surface area contributed by atoms with Gasteiger partial charge in [0.1, 0.15) is 11.1 Å². The lowest BCUT2D eigenvalue weighted by Gasteiger charge is -2.16. The van der Waals surface area contributed by atoms with E-state index in [-0.39, 0.29) is 11.7 Å². The molecule has 0 spiro atoms. The number of hydrogen-bond acceptors (Lipinski definition) is 3. The van der Waals surface area contributed by atoms with Gasteiger partial charge in [-0.15, -0.1) is 0 Å². The minimum absolute atomic E-state index is 0.123. The molecule has 1 atom stereocenters. The van der Waals surface area contributed by atoms with E-state index < -0.39 is 5.25 Å². The first-order chi connectivity index (χ1) is 14.1. The SMILES string of the molecule is Cc1ccc2nc(S[C@@H](C(=O)NCc3ccc(F)cc3)c3ccccc3)[nH]c2c1. The van der Waals surface area contributed by atoms with Gasteiger partial charge in [-0.2, -0.15) is 0 Å². The summed E-state index contributed by atoms with van der Waals surface area (Å²) >= 11 is 1.38. The topological polar surface area (TPSA) is 57.8 Å². The molecule has 0 aliphatic heterocycles. The Morgan fingerprint density at radius 1 is 1.10 bits per heavy atom. The number of amides is 1. The zero-order chi connectivity index (χ0) is 20.2. The number of nitrogens with zero attached hydrogens (tertiary/aromatic N) is 1. The summed E-state index contributed by atoms with van der Waals surface area (Å²) in [6, 6.07) is 21.8. The quantitative estimate of drug-likeness (QED) is 0.436. The van der Waals surface area contributed by atoms with Gasteiger partial charge in [0.25, 0.3) is 0 Å². The third-order valence-corrected chi connectivity index (χ3v) is 5.70. The molecule has 3 aromatic carbocycles.